The van der Waals surface area contributed by atoms with Crippen molar-refractivity contribution in [2.24, 2.45) is 11.8 Å². The third kappa shape index (κ3) is 4.09. The molecule has 0 aliphatic carbocycles. The maximum absolute atomic E-state index is 10.6. The van der Waals surface area contributed by atoms with E-state index in [4.69, 9.17) is 5.11 Å². The first-order chi connectivity index (χ1) is 6.70. The molecule has 14 heavy (non-hydrogen) atoms. The summed E-state index contributed by atoms with van der Waals surface area (Å²) in [5, 5.41) is 12.2. The van der Waals surface area contributed by atoms with Gasteiger partial charge in [-0.05, 0) is 44.7 Å². The number of aliphatic carboxylic acids is 1. The first-order valence-electron chi connectivity index (χ1n) is 5.63. The second-order valence-electron chi connectivity index (χ2n) is 4.38. The highest BCUT2D eigenvalue weighted by Gasteiger charge is 2.16. The minimum atomic E-state index is -0.661. The highest BCUT2D eigenvalue weighted by Crippen LogP contribution is 2.19. The second kappa shape index (κ2) is 6.02. The Hall–Kier alpha value is -0.570. The zero-order valence-corrected chi connectivity index (χ0v) is 8.96. The fourth-order valence-electron chi connectivity index (χ4n) is 1.95. The van der Waals surface area contributed by atoms with Crippen LogP contribution in [0.15, 0.2) is 0 Å². The van der Waals surface area contributed by atoms with E-state index in [2.05, 4.69) is 5.32 Å². The Morgan fingerprint density at radius 3 is 3.07 bits per heavy atom. The number of hydrogen-bond acceptors (Lipinski definition) is 2. The second-order valence-corrected chi connectivity index (χ2v) is 4.38. The molecule has 1 aliphatic heterocycles. The molecule has 0 spiro atoms. The van der Waals surface area contributed by atoms with E-state index in [9.17, 15) is 4.79 Å². The minimum absolute atomic E-state index is 0.182. The van der Waals surface area contributed by atoms with Crippen LogP contribution in [0.5, 0.6) is 0 Å². The number of nitrogens with one attached hydrogen (secondary N) is 1. The Labute approximate surface area is 85.9 Å². The number of hydrogen-bond donors (Lipinski definition) is 2. The molecule has 3 heteroatoms. The summed E-state index contributed by atoms with van der Waals surface area (Å²) in [5.41, 5.74) is 0. The van der Waals surface area contributed by atoms with Crippen LogP contribution in [0, 0.1) is 11.8 Å². The molecule has 0 saturated carbocycles. The van der Waals surface area contributed by atoms with E-state index in [0.29, 0.717) is 5.92 Å². The zero-order valence-electron chi connectivity index (χ0n) is 8.96. The number of carboxylic acids is 1. The van der Waals surface area contributed by atoms with Gasteiger partial charge in [0.2, 0.25) is 0 Å². The Morgan fingerprint density at radius 1 is 1.57 bits per heavy atom. The average Bonchev–Trinajstić information content (AvgIpc) is 2.42. The van der Waals surface area contributed by atoms with Crippen LogP contribution in [0.1, 0.15) is 39.0 Å². The molecule has 0 amide bonds. The van der Waals surface area contributed by atoms with E-state index in [1.807, 2.05) is 0 Å². The molecule has 0 aromatic heterocycles. The molecule has 1 heterocycles. The third-order valence-corrected chi connectivity index (χ3v) is 3.08. The van der Waals surface area contributed by atoms with Gasteiger partial charge in [-0.25, -0.2) is 0 Å². The van der Waals surface area contributed by atoms with Crippen molar-refractivity contribution in [2.45, 2.75) is 39.0 Å². The predicted molar refractivity (Wildman–Crippen MR) is 56.2 cm³/mol. The van der Waals surface area contributed by atoms with Crippen LogP contribution in [-0.4, -0.2) is 24.2 Å². The molecule has 0 bridgehead atoms. The monoisotopic (exact) mass is 199 g/mol. The van der Waals surface area contributed by atoms with Gasteiger partial charge in [-0.15, -0.1) is 0 Å². The van der Waals surface area contributed by atoms with Crippen LogP contribution in [0.4, 0.5) is 0 Å². The number of rotatable bonds is 4. The van der Waals surface area contributed by atoms with Gasteiger partial charge >= 0.3 is 5.97 Å². The lowest BCUT2D eigenvalue weighted by Crippen LogP contribution is -2.21. The number of carbonyl (C=O) groups is 1. The van der Waals surface area contributed by atoms with Gasteiger partial charge in [0.15, 0.2) is 0 Å². The molecule has 1 aliphatic rings. The first-order valence-corrected chi connectivity index (χ1v) is 5.63. The Kier molecular flexibility index (Phi) is 4.94. The van der Waals surface area contributed by atoms with E-state index >= 15 is 0 Å². The lowest BCUT2D eigenvalue weighted by Gasteiger charge is -2.15. The van der Waals surface area contributed by atoms with E-state index < -0.39 is 5.97 Å². The van der Waals surface area contributed by atoms with Crippen molar-refractivity contribution in [1.29, 1.82) is 0 Å². The van der Waals surface area contributed by atoms with Gasteiger partial charge in [0.25, 0.3) is 0 Å². The number of carboxylic acid groups (broad SMARTS) is 1. The fraction of sp³-hybridized carbons (Fsp3) is 0.909. The van der Waals surface area contributed by atoms with Gasteiger partial charge < -0.3 is 10.4 Å². The molecular weight excluding hydrogens is 178 g/mol. The topological polar surface area (TPSA) is 49.3 Å². The lowest BCUT2D eigenvalue weighted by molar-refractivity contribution is -0.141. The van der Waals surface area contributed by atoms with Crippen LogP contribution in [0.2, 0.25) is 0 Å². The maximum atomic E-state index is 10.6. The molecule has 2 atom stereocenters. The smallest absolute Gasteiger partial charge is 0.306 e. The maximum Gasteiger partial charge on any atom is 0.306 e. The molecule has 3 nitrogen and oxygen atoms in total. The van der Waals surface area contributed by atoms with Gasteiger partial charge in [-0.2, -0.15) is 0 Å². The van der Waals surface area contributed by atoms with Crippen LogP contribution in [0.25, 0.3) is 0 Å². The third-order valence-electron chi connectivity index (χ3n) is 3.08. The SMILES string of the molecule is CC(CCC1CCCCNC1)C(=O)O. The first kappa shape index (κ1) is 11.5. The molecule has 0 radical (unpaired) electrons. The molecule has 1 rings (SSSR count). The van der Waals surface area contributed by atoms with Crippen LogP contribution in [-0.2, 0) is 4.79 Å². The predicted octanol–water partition coefficient (Wildman–Crippen LogP) is 1.88. The highest BCUT2D eigenvalue weighted by molar-refractivity contribution is 5.69. The largest absolute Gasteiger partial charge is 0.481 e. The van der Waals surface area contributed by atoms with Crippen molar-refractivity contribution in [3.8, 4) is 0 Å². The van der Waals surface area contributed by atoms with E-state index in [1.54, 1.807) is 6.92 Å². The Bertz CT molecular complexity index is 174. The van der Waals surface area contributed by atoms with E-state index in [-0.39, 0.29) is 5.92 Å². The van der Waals surface area contributed by atoms with Crippen molar-refractivity contribution in [1.82, 2.24) is 5.32 Å². The Morgan fingerprint density at radius 2 is 2.36 bits per heavy atom. The van der Waals surface area contributed by atoms with Crippen molar-refractivity contribution in [3.05, 3.63) is 0 Å². The summed E-state index contributed by atoms with van der Waals surface area (Å²) >= 11 is 0. The van der Waals surface area contributed by atoms with Crippen LogP contribution in [0.3, 0.4) is 0 Å². The van der Waals surface area contributed by atoms with Gasteiger partial charge in [-0.3, -0.25) is 4.79 Å². The zero-order chi connectivity index (χ0) is 10.4. The molecule has 0 aromatic carbocycles. The van der Waals surface area contributed by atoms with Crippen LogP contribution < -0.4 is 5.32 Å². The highest BCUT2D eigenvalue weighted by atomic mass is 16.4. The van der Waals surface area contributed by atoms with E-state index in [0.717, 1.165) is 25.9 Å². The van der Waals surface area contributed by atoms with Crippen molar-refractivity contribution in [2.75, 3.05) is 13.1 Å². The molecule has 0 aromatic rings. The molecule has 2 N–H and O–H groups in total. The van der Waals surface area contributed by atoms with Crippen molar-refractivity contribution in [3.63, 3.8) is 0 Å². The van der Waals surface area contributed by atoms with Gasteiger partial charge in [0, 0.05) is 0 Å². The lowest BCUT2D eigenvalue weighted by atomic mass is 9.93. The summed E-state index contributed by atoms with van der Waals surface area (Å²) in [5.74, 6) is -0.149. The summed E-state index contributed by atoms with van der Waals surface area (Å²) in [6.45, 7) is 4.00. The normalized spacial score (nSPS) is 25.4. The summed E-state index contributed by atoms with van der Waals surface area (Å²) in [6.07, 6.45) is 5.70. The quantitative estimate of drug-likeness (QED) is 0.726. The van der Waals surface area contributed by atoms with Crippen molar-refractivity contribution >= 4 is 5.97 Å². The fourth-order valence-corrected chi connectivity index (χ4v) is 1.95. The summed E-state index contributed by atoms with van der Waals surface area (Å²) in [4.78, 5) is 10.6. The van der Waals surface area contributed by atoms with Crippen molar-refractivity contribution < 1.29 is 9.90 Å². The molecule has 1 saturated heterocycles. The van der Waals surface area contributed by atoms with E-state index in [1.165, 1.54) is 19.3 Å². The summed E-state index contributed by atoms with van der Waals surface area (Å²) < 4.78 is 0. The summed E-state index contributed by atoms with van der Waals surface area (Å²) in [6, 6.07) is 0. The molecular formula is C11H21NO2. The van der Waals surface area contributed by atoms with Gasteiger partial charge in [-0.1, -0.05) is 13.3 Å². The van der Waals surface area contributed by atoms with Crippen LogP contribution >= 0.6 is 0 Å². The minimum Gasteiger partial charge on any atom is -0.481 e. The van der Waals surface area contributed by atoms with Gasteiger partial charge in [0.1, 0.15) is 0 Å². The average molecular weight is 199 g/mol. The standard InChI is InChI=1S/C11H21NO2/c1-9(11(13)14)5-6-10-4-2-3-7-12-8-10/h9-10,12H,2-8H2,1H3,(H,13,14). The summed E-state index contributed by atoms with van der Waals surface area (Å²) in [7, 11) is 0. The Balaban J connectivity index is 2.18. The van der Waals surface area contributed by atoms with Gasteiger partial charge in [0.05, 0.1) is 5.92 Å². The molecule has 82 valence electrons. The molecule has 2 unspecified atom stereocenters. The molecule has 1 fully saturated rings.